The van der Waals surface area contributed by atoms with Crippen LogP contribution in [0.5, 0.6) is 0 Å². The fourth-order valence-corrected chi connectivity index (χ4v) is 2.47. The third-order valence-electron chi connectivity index (χ3n) is 2.75. The van der Waals surface area contributed by atoms with Gasteiger partial charge in [-0.25, -0.2) is 4.98 Å². The highest BCUT2D eigenvalue weighted by Crippen LogP contribution is 2.26. The van der Waals surface area contributed by atoms with Crippen molar-refractivity contribution in [2.45, 2.75) is 17.7 Å². The monoisotopic (exact) mass is 264 g/mol. The van der Waals surface area contributed by atoms with Gasteiger partial charge < -0.3 is 0 Å². The predicted molar refractivity (Wildman–Crippen MR) is 60.6 cm³/mol. The van der Waals surface area contributed by atoms with E-state index in [1.807, 2.05) is 28.8 Å². The third kappa shape index (κ3) is 1.24. The molecule has 2 aromatic heterocycles. The Morgan fingerprint density at radius 3 is 3.20 bits per heavy atom. The molecule has 0 fully saturated rings. The molecule has 0 N–H and O–H groups in total. The molecule has 1 atom stereocenters. The Labute approximate surface area is 95.3 Å². The van der Waals surface area contributed by atoms with E-state index in [-0.39, 0.29) is 10.6 Å². The molecule has 0 saturated carbocycles. The van der Waals surface area contributed by atoms with Crippen molar-refractivity contribution < 1.29 is 4.79 Å². The number of pyridine rings is 1. The SMILES string of the molecule is O=C1c2c(nc3ccccn23)CCC1Br. The molecular weight excluding hydrogens is 256 g/mol. The lowest BCUT2D eigenvalue weighted by atomic mass is 10.00. The van der Waals surface area contributed by atoms with Crippen molar-refractivity contribution in [3.63, 3.8) is 0 Å². The van der Waals surface area contributed by atoms with Gasteiger partial charge in [0.05, 0.1) is 10.5 Å². The van der Waals surface area contributed by atoms with Gasteiger partial charge in [0.2, 0.25) is 0 Å². The first kappa shape index (κ1) is 9.09. The molecule has 1 aliphatic carbocycles. The number of carbonyl (C=O) groups excluding carboxylic acids is 1. The zero-order valence-electron chi connectivity index (χ0n) is 7.98. The normalized spacial score (nSPS) is 20.6. The highest BCUT2D eigenvalue weighted by atomic mass is 79.9. The van der Waals surface area contributed by atoms with Crippen LogP contribution in [0.3, 0.4) is 0 Å². The average Bonchev–Trinajstić information content (AvgIpc) is 2.62. The van der Waals surface area contributed by atoms with E-state index in [0.29, 0.717) is 0 Å². The second kappa shape index (κ2) is 3.17. The number of alkyl halides is 1. The number of ketones is 1. The maximum Gasteiger partial charge on any atom is 0.195 e. The summed E-state index contributed by atoms with van der Waals surface area (Å²) < 4.78 is 1.88. The molecule has 15 heavy (non-hydrogen) atoms. The van der Waals surface area contributed by atoms with Gasteiger partial charge in [0.15, 0.2) is 5.78 Å². The molecule has 3 rings (SSSR count). The molecule has 0 aliphatic heterocycles. The second-order valence-corrected chi connectivity index (χ2v) is 4.81. The number of fused-ring (bicyclic) bond motifs is 3. The molecule has 0 radical (unpaired) electrons. The van der Waals surface area contributed by atoms with Crippen LogP contribution in [0, 0.1) is 0 Å². The first-order chi connectivity index (χ1) is 7.27. The number of aromatic nitrogens is 2. The molecule has 0 spiro atoms. The van der Waals surface area contributed by atoms with Crippen LogP contribution in [0.4, 0.5) is 0 Å². The van der Waals surface area contributed by atoms with Crippen LogP contribution in [-0.4, -0.2) is 20.0 Å². The summed E-state index contributed by atoms with van der Waals surface area (Å²) in [6.07, 6.45) is 3.61. The van der Waals surface area contributed by atoms with Gasteiger partial charge in [0.1, 0.15) is 11.3 Å². The topological polar surface area (TPSA) is 34.4 Å². The molecule has 76 valence electrons. The van der Waals surface area contributed by atoms with E-state index < -0.39 is 0 Å². The zero-order valence-corrected chi connectivity index (χ0v) is 9.57. The van der Waals surface area contributed by atoms with Crippen molar-refractivity contribution in [3.05, 3.63) is 35.8 Å². The molecule has 1 aliphatic rings. The van der Waals surface area contributed by atoms with E-state index in [1.165, 1.54) is 0 Å². The molecule has 0 amide bonds. The predicted octanol–water partition coefficient (Wildman–Crippen LogP) is 2.23. The highest BCUT2D eigenvalue weighted by molar-refractivity contribution is 9.10. The number of nitrogens with zero attached hydrogens (tertiary/aromatic N) is 2. The standard InChI is InChI=1S/C11H9BrN2O/c12-7-4-5-8-10(11(7)15)14-6-2-1-3-9(14)13-8/h1-3,6-7H,4-5H2. The minimum absolute atomic E-state index is 0.0508. The molecule has 2 heterocycles. The number of Topliss-reactive ketones (excluding diaryl/α,β-unsaturated/α-hetero) is 1. The van der Waals surface area contributed by atoms with Crippen LogP contribution in [-0.2, 0) is 6.42 Å². The minimum Gasteiger partial charge on any atom is -0.297 e. The molecule has 0 aromatic carbocycles. The van der Waals surface area contributed by atoms with Crippen LogP contribution in [0.25, 0.3) is 5.65 Å². The maximum atomic E-state index is 12.0. The second-order valence-electron chi connectivity index (χ2n) is 3.71. The van der Waals surface area contributed by atoms with Crippen LogP contribution < -0.4 is 0 Å². The first-order valence-corrected chi connectivity index (χ1v) is 5.83. The van der Waals surface area contributed by atoms with E-state index in [0.717, 1.165) is 29.9 Å². The molecule has 0 saturated heterocycles. The molecular formula is C11H9BrN2O. The summed E-state index contributed by atoms with van der Waals surface area (Å²) in [6.45, 7) is 0. The number of halogens is 1. The van der Waals surface area contributed by atoms with Crippen molar-refractivity contribution >= 4 is 27.4 Å². The number of imidazole rings is 1. The lowest BCUT2D eigenvalue weighted by Crippen LogP contribution is -2.23. The van der Waals surface area contributed by atoms with Gasteiger partial charge >= 0.3 is 0 Å². The van der Waals surface area contributed by atoms with Gasteiger partial charge in [-0.1, -0.05) is 22.0 Å². The van der Waals surface area contributed by atoms with E-state index in [4.69, 9.17) is 0 Å². The number of hydrogen-bond acceptors (Lipinski definition) is 2. The van der Waals surface area contributed by atoms with E-state index in [1.54, 1.807) is 0 Å². The van der Waals surface area contributed by atoms with Gasteiger partial charge in [0, 0.05) is 6.20 Å². The lowest BCUT2D eigenvalue weighted by molar-refractivity contribution is 0.0975. The van der Waals surface area contributed by atoms with Crippen molar-refractivity contribution in [3.8, 4) is 0 Å². The number of aryl methyl sites for hydroxylation is 1. The molecule has 2 aromatic rings. The van der Waals surface area contributed by atoms with E-state index >= 15 is 0 Å². The highest BCUT2D eigenvalue weighted by Gasteiger charge is 2.29. The fourth-order valence-electron chi connectivity index (χ4n) is 2.02. The Balaban J connectivity index is 2.34. The number of rotatable bonds is 0. The summed E-state index contributed by atoms with van der Waals surface area (Å²) in [5.74, 6) is 0.148. The Morgan fingerprint density at radius 1 is 1.47 bits per heavy atom. The van der Waals surface area contributed by atoms with Crippen molar-refractivity contribution in [2.24, 2.45) is 0 Å². The van der Waals surface area contributed by atoms with Crippen LogP contribution >= 0.6 is 15.9 Å². The summed E-state index contributed by atoms with van der Waals surface area (Å²) in [4.78, 5) is 16.4. The Bertz CT molecular complexity index is 547. The van der Waals surface area contributed by atoms with Crippen LogP contribution in [0.1, 0.15) is 22.6 Å². The summed E-state index contributed by atoms with van der Waals surface area (Å²) in [5.41, 5.74) is 2.54. The Kier molecular flexibility index (Phi) is 1.92. The first-order valence-electron chi connectivity index (χ1n) is 4.91. The lowest BCUT2D eigenvalue weighted by Gasteiger charge is -2.14. The maximum absolute atomic E-state index is 12.0. The number of hydrogen-bond donors (Lipinski definition) is 0. The summed E-state index contributed by atoms with van der Waals surface area (Å²) in [5, 5.41) is 0. The molecule has 3 nitrogen and oxygen atoms in total. The fraction of sp³-hybridized carbons (Fsp3) is 0.273. The van der Waals surface area contributed by atoms with Gasteiger partial charge in [-0.3, -0.25) is 9.20 Å². The smallest absolute Gasteiger partial charge is 0.195 e. The number of carbonyl (C=O) groups is 1. The Morgan fingerprint density at radius 2 is 2.33 bits per heavy atom. The largest absolute Gasteiger partial charge is 0.297 e. The Hall–Kier alpha value is -1.16. The molecule has 0 bridgehead atoms. The third-order valence-corrected chi connectivity index (χ3v) is 3.63. The van der Waals surface area contributed by atoms with Gasteiger partial charge in [-0.2, -0.15) is 0 Å². The molecule has 4 heteroatoms. The summed E-state index contributed by atoms with van der Waals surface area (Å²) in [7, 11) is 0. The summed E-state index contributed by atoms with van der Waals surface area (Å²) >= 11 is 3.40. The van der Waals surface area contributed by atoms with Crippen molar-refractivity contribution in [1.29, 1.82) is 0 Å². The van der Waals surface area contributed by atoms with E-state index in [2.05, 4.69) is 20.9 Å². The van der Waals surface area contributed by atoms with Crippen molar-refractivity contribution in [1.82, 2.24) is 9.38 Å². The average molecular weight is 265 g/mol. The van der Waals surface area contributed by atoms with E-state index in [9.17, 15) is 4.79 Å². The van der Waals surface area contributed by atoms with Gasteiger partial charge in [-0.05, 0) is 25.0 Å². The summed E-state index contributed by atoms with van der Waals surface area (Å²) in [6, 6.07) is 5.78. The zero-order chi connectivity index (χ0) is 10.4. The molecule has 1 unspecified atom stereocenters. The van der Waals surface area contributed by atoms with Gasteiger partial charge in [0.25, 0.3) is 0 Å². The van der Waals surface area contributed by atoms with Gasteiger partial charge in [-0.15, -0.1) is 0 Å². The quantitative estimate of drug-likeness (QED) is 0.684. The minimum atomic E-state index is -0.0508. The van der Waals surface area contributed by atoms with Crippen molar-refractivity contribution in [2.75, 3.05) is 0 Å². The van der Waals surface area contributed by atoms with Crippen LogP contribution in [0.2, 0.25) is 0 Å². The van der Waals surface area contributed by atoms with Crippen LogP contribution in [0.15, 0.2) is 24.4 Å².